The Bertz CT molecular complexity index is 527. The number of aliphatic carboxylic acids is 1. The zero-order chi connectivity index (χ0) is 14.5. The summed E-state index contributed by atoms with van der Waals surface area (Å²) in [6.07, 6.45) is 3.82. The number of carboxylic acids is 1. The maximum absolute atomic E-state index is 12.0. The first-order valence-corrected chi connectivity index (χ1v) is 8.56. The highest BCUT2D eigenvalue weighted by atomic mass is 32.2. The molecular weight excluding hydrogens is 290 g/mol. The highest BCUT2D eigenvalue weighted by Gasteiger charge is 2.26. The Balaban J connectivity index is 2.84. The molecule has 3 N–H and O–H groups in total. The molecule has 0 aliphatic heterocycles. The summed E-state index contributed by atoms with van der Waals surface area (Å²) in [6, 6.07) is -1.13. The van der Waals surface area contributed by atoms with E-state index in [2.05, 4.69) is 14.7 Å². The SMILES string of the molecule is CCc1ncc(S(=O)(=O)N[C@@H](CCSC)C(=O)O)[nH]1. The summed E-state index contributed by atoms with van der Waals surface area (Å²) in [4.78, 5) is 17.5. The van der Waals surface area contributed by atoms with Crippen molar-refractivity contribution in [3.05, 3.63) is 12.0 Å². The van der Waals surface area contributed by atoms with Crippen LogP contribution in [0.5, 0.6) is 0 Å². The number of H-pyrrole nitrogens is 1. The van der Waals surface area contributed by atoms with Crippen LogP contribution in [0.1, 0.15) is 19.2 Å². The third-order valence-electron chi connectivity index (χ3n) is 2.44. The number of nitrogens with zero attached hydrogens (tertiary/aromatic N) is 1. The molecule has 9 heteroatoms. The van der Waals surface area contributed by atoms with Crippen molar-refractivity contribution in [1.29, 1.82) is 0 Å². The van der Waals surface area contributed by atoms with Gasteiger partial charge in [0, 0.05) is 6.42 Å². The van der Waals surface area contributed by atoms with Crippen molar-refractivity contribution in [2.24, 2.45) is 0 Å². The molecule has 1 atom stereocenters. The Kier molecular flexibility index (Phi) is 5.83. The van der Waals surface area contributed by atoms with Crippen LogP contribution in [-0.2, 0) is 21.2 Å². The van der Waals surface area contributed by atoms with Gasteiger partial charge in [0.25, 0.3) is 10.0 Å². The smallest absolute Gasteiger partial charge is 0.321 e. The van der Waals surface area contributed by atoms with Crippen molar-refractivity contribution in [3.63, 3.8) is 0 Å². The van der Waals surface area contributed by atoms with Crippen molar-refractivity contribution in [2.45, 2.75) is 30.8 Å². The van der Waals surface area contributed by atoms with E-state index in [4.69, 9.17) is 5.11 Å². The van der Waals surface area contributed by atoms with Gasteiger partial charge in [0.05, 0.1) is 6.20 Å². The molecule has 7 nitrogen and oxygen atoms in total. The number of thioether (sulfide) groups is 1. The molecule has 0 aliphatic carbocycles. The van der Waals surface area contributed by atoms with Crippen LogP contribution in [0.15, 0.2) is 11.2 Å². The molecular formula is C10H17N3O4S2. The van der Waals surface area contributed by atoms with Gasteiger partial charge >= 0.3 is 5.97 Å². The molecule has 19 heavy (non-hydrogen) atoms. The lowest BCUT2D eigenvalue weighted by atomic mass is 10.2. The van der Waals surface area contributed by atoms with Crippen molar-refractivity contribution < 1.29 is 18.3 Å². The van der Waals surface area contributed by atoms with Crippen molar-refractivity contribution in [2.75, 3.05) is 12.0 Å². The highest BCUT2D eigenvalue weighted by molar-refractivity contribution is 7.98. The molecule has 0 saturated heterocycles. The average Bonchev–Trinajstić information content (AvgIpc) is 2.83. The molecule has 108 valence electrons. The summed E-state index contributed by atoms with van der Waals surface area (Å²) in [6.45, 7) is 1.83. The third kappa shape index (κ3) is 4.51. The lowest BCUT2D eigenvalue weighted by Crippen LogP contribution is -2.41. The van der Waals surface area contributed by atoms with Gasteiger partial charge in [0.2, 0.25) is 0 Å². The second-order valence-corrected chi connectivity index (χ2v) is 6.51. The monoisotopic (exact) mass is 307 g/mol. The van der Waals surface area contributed by atoms with E-state index in [1.54, 1.807) is 0 Å². The number of aryl methyl sites for hydroxylation is 1. The van der Waals surface area contributed by atoms with Gasteiger partial charge in [0.1, 0.15) is 11.9 Å². The Morgan fingerprint density at radius 3 is 2.79 bits per heavy atom. The van der Waals surface area contributed by atoms with E-state index in [-0.39, 0.29) is 11.4 Å². The standard InChI is InChI=1S/C10H17N3O4S2/c1-3-8-11-6-9(12-8)19(16,17)13-7(10(14)15)4-5-18-2/h6-7,13H,3-5H2,1-2H3,(H,11,12)(H,14,15)/t7-/m0/s1. The molecule has 1 rings (SSSR count). The number of sulfonamides is 1. The molecule has 0 amide bonds. The van der Waals surface area contributed by atoms with Crippen LogP contribution in [0.25, 0.3) is 0 Å². The first-order valence-electron chi connectivity index (χ1n) is 5.68. The number of rotatable bonds is 8. The Labute approximate surface area is 116 Å². The summed E-state index contributed by atoms with van der Waals surface area (Å²) < 4.78 is 26.1. The Morgan fingerprint density at radius 2 is 2.32 bits per heavy atom. The summed E-state index contributed by atoms with van der Waals surface area (Å²) in [5, 5.41) is 8.89. The van der Waals surface area contributed by atoms with Crippen molar-refractivity contribution in [3.8, 4) is 0 Å². The van der Waals surface area contributed by atoms with Crippen LogP contribution < -0.4 is 4.72 Å². The second kappa shape index (κ2) is 6.92. The zero-order valence-corrected chi connectivity index (χ0v) is 12.3. The minimum absolute atomic E-state index is 0.111. The van der Waals surface area contributed by atoms with Gasteiger partial charge in [-0.15, -0.1) is 0 Å². The Hall–Kier alpha value is -1.06. The summed E-state index contributed by atoms with van der Waals surface area (Å²) in [7, 11) is -3.88. The van der Waals surface area contributed by atoms with Gasteiger partial charge in [-0.05, 0) is 18.4 Å². The number of aromatic nitrogens is 2. The van der Waals surface area contributed by atoms with Gasteiger partial charge in [-0.1, -0.05) is 6.92 Å². The van der Waals surface area contributed by atoms with Gasteiger partial charge in [-0.25, -0.2) is 13.4 Å². The second-order valence-electron chi connectivity index (χ2n) is 3.84. The third-order valence-corrected chi connectivity index (χ3v) is 4.46. The van der Waals surface area contributed by atoms with E-state index in [9.17, 15) is 13.2 Å². The normalized spacial score (nSPS) is 13.4. The molecule has 0 spiro atoms. The summed E-state index contributed by atoms with van der Waals surface area (Å²) in [5.41, 5.74) is 0. The number of carbonyl (C=O) groups is 1. The fourth-order valence-corrected chi connectivity index (χ4v) is 3.01. The predicted molar refractivity (Wildman–Crippen MR) is 72.7 cm³/mol. The Morgan fingerprint density at radius 1 is 1.63 bits per heavy atom. The maximum atomic E-state index is 12.0. The first kappa shape index (κ1) is 16.0. The highest BCUT2D eigenvalue weighted by Crippen LogP contribution is 2.09. The van der Waals surface area contributed by atoms with E-state index in [0.717, 1.165) is 0 Å². The number of hydrogen-bond donors (Lipinski definition) is 3. The van der Waals surface area contributed by atoms with E-state index >= 15 is 0 Å². The zero-order valence-electron chi connectivity index (χ0n) is 10.7. The first-order chi connectivity index (χ1) is 8.90. The number of nitrogens with one attached hydrogen (secondary N) is 2. The van der Waals surface area contributed by atoms with Crippen LogP contribution in [0.2, 0.25) is 0 Å². The molecule has 1 aromatic rings. The molecule has 0 bridgehead atoms. The number of hydrogen-bond acceptors (Lipinski definition) is 5. The molecule has 0 aliphatic rings. The van der Waals surface area contributed by atoms with Crippen LogP contribution in [0.3, 0.4) is 0 Å². The summed E-state index contributed by atoms with van der Waals surface area (Å²) in [5.74, 6) is -0.0907. The van der Waals surface area contributed by atoms with Gasteiger partial charge in [0.15, 0.2) is 5.03 Å². The van der Waals surface area contributed by atoms with Crippen LogP contribution in [-0.4, -0.2) is 47.5 Å². The predicted octanol–water partition coefficient (Wildman–Crippen LogP) is 0.457. The van der Waals surface area contributed by atoms with Gasteiger partial charge in [-0.2, -0.15) is 16.5 Å². The minimum Gasteiger partial charge on any atom is -0.480 e. The molecule has 0 aromatic carbocycles. The van der Waals surface area contributed by atoms with Crippen LogP contribution in [0.4, 0.5) is 0 Å². The van der Waals surface area contributed by atoms with Crippen LogP contribution >= 0.6 is 11.8 Å². The van der Waals surface area contributed by atoms with Crippen LogP contribution in [0, 0.1) is 0 Å². The quantitative estimate of drug-likeness (QED) is 0.643. The number of imidazole rings is 1. The van der Waals surface area contributed by atoms with Crippen molar-refractivity contribution in [1.82, 2.24) is 14.7 Å². The van der Waals surface area contributed by atoms with Gasteiger partial charge < -0.3 is 10.1 Å². The maximum Gasteiger partial charge on any atom is 0.321 e. The molecule has 0 unspecified atom stereocenters. The lowest BCUT2D eigenvalue weighted by Gasteiger charge is -2.13. The van der Waals surface area contributed by atoms with E-state index in [1.165, 1.54) is 18.0 Å². The summed E-state index contributed by atoms with van der Waals surface area (Å²) >= 11 is 1.46. The molecule has 0 saturated carbocycles. The van der Waals surface area contributed by atoms with E-state index in [1.807, 2.05) is 13.2 Å². The fraction of sp³-hybridized carbons (Fsp3) is 0.600. The number of aromatic amines is 1. The topological polar surface area (TPSA) is 112 Å². The largest absolute Gasteiger partial charge is 0.480 e. The molecule has 1 heterocycles. The molecule has 0 fully saturated rings. The fourth-order valence-electron chi connectivity index (χ4n) is 1.38. The number of carboxylic acid groups (broad SMARTS) is 1. The van der Waals surface area contributed by atoms with Gasteiger partial charge in [-0.3, -0.25) is 4.79 Å². The minimum atomic E-state index is -3.88. The molecule has 0 radical (unpaired) electrons. The average molecular weight is 307 g/mol. The lowest BCUT2D eigenvalue weighted by molar-refractivity contribution is -0.139. The van der Waals surface area contributed by atoms with E-state index in [0.29, 0.717) is 18.0 Å². The molecule has 1 aromatic heterocycles. The van der Waals surface area contributed by atoms with Crippen molar-refractivity contribution >= 4 is 27.8 Å². The van der Waals surface area contributed by atoms with E-state index < -0.39 is 22.0 Å².